The number of hydrogen-bond acceptors (Lipinski definition) is 7. The van der Waals surface area contributed by atoms with Gasteiger partial charge in [0.1, 0.15) is 5.75 Å². The van der Waals surface area contributed by atoms with Crippen LogP contribution in [0, 0.1) is 0 Å². The molecule has 0 atom stereocenters. The maximum absolute atomic E-state index is 12.3. The smallest absolute Gasteiger partial charge is 0.321 e. The van der Waals surface area contributed by atoms with Gasteiger partial charge in [-0.05, 0) is 36.4 Å². The van der Waals surface area contributed by atoms with E-state index in [1.165, 1.54) is 11.8 Å². The summed E-state index contributed by atoms with van der Waals surface area (Å²) < 4.78 is 7.40. The average Bonchev–Trinajstić information content (AvgIpc) is 3.53. The molecule has 1 fully saturated rings. The van der Waals surface area contributed by atoms with Gasteiger partial charge >= 0.3 is 6.03 Å². The summed E-state index contributed by atoms with van der Waals surface area (Å²) in [6.07, 6.45) is 4.15. The number of thioether (sulfide) groups is 1. The van der Waals surface area contributed by atoms with Crippen molar-refractivity contribution in [3.63, 3.8) is 0 Å². The summed E-state index contributed by atoms with van der Waals surface area (Å²) in [6, 6.07) is 11.2. The first-order valence-corrected chi connectivity index (χ1v) is 11.9. The van der Waals surface area contributed by atoms with Crippen LogP contribution in [-0.2, 0) is 4.79 Å². The minimum Gasteiger partial charge on any atom is -0.495 e. The van der Waals surface area contributed by atoms with Crippen molar-refractivity contribution in [2.45, 2.75) is 36.9 Å². The van der Waals surface area contributed by atoms with Crippen molar-refractivity contribution in [3.05, 3.63) is 41.8 Å². The van der Waals surface area contributed by atoms with Gasteiger partial charge in [-0.3, -0.25) is 14.7 Å². The molecule has 1 aliphatic rings. The number of hydrogen-bond donors (Lipinski definition) is 2. The zero-order chi connectivity index (χ0) is 21.6. The Morgan fingerprint density at radius 1 is 1.19 bits per heavy atom. The molecule has 3 aromatic rings. The second-order valence-corrected chi connectivity index (χ2v) is 8.97. The van der Waals surface area contributed by atoms with Gasteiger partial charge in [0.2, 0.25) is 5.91 Å². The van der Waals surface area contributed by atoms with Crippen LogP contribution in [0.3, 0.4) is 0 Å². The van der Waals surface area contributed by atoms with Crippen LogP contribution in [-0.4, -0.2) is 45.6 Å². The third-order valence-corrected chi connectivity index (χ3v) is 6.77. The van der Waals surface area contributed by atoms with Gasteiger partial charge in [0, 0.05) is 6.04 Å². The molecule has 0 spiro atoms. The summed E-state index contributed by atoms with van der Waals surface area (Å²) in [6.45, 7) is 0. The van der Waals surface area contributed by atoms with Gasteiger partial charge in [0.05, 0.1) is 23.4 Å². The fraction of sp³-hybridized carbons (Fsp3) is 0.333. The van der Waals surface area contributed by atoms with Gasteiger partial charge in [0.15, 0.2) is 11.0 Å². The lowest BCUT2D eigenvalue weighted by Crippen LogP contribution is -2.44. The molecule has 1 aliphatic carbocycles. The number of carbonyl (C=O) groups excluding carboxylic acids is 2. The molecular formula is C21H23N5O3S2. The highest BCUT2D eigenvalue weighted by Crippen LogP contribution is 2.33. The maximum atomic E-state index is 12.3. The van der Waals surface area contributed by atoms with E-state index < -0.39 is 6.03 Å². The number of carbonyl (C=O) groups is 2. The third kappa shape index (κ3) is 5.08. The van der Waals surface area contributed by atoms with Gasteiger partial charge in [-0.25, -0.2) is 4.79 Å². The molecule has 31 heavy (non-hydrogen) atoms. The molecule has 2 heterocycles. The van der Waals surface area contributed by atoms with Crippen LogP contribution in [0.1, 0.15) is 25.7 Å². The van der Waals surface area contributed by atoms with Crippen LogP contribution < -0.4 is 15.4 Å². The second-order valence-electron chi connectivity index (χ2n) is 7.08. The van der Waals surface area contributed by atoms with Crippen molar-refractivity contribution in [2.24, 2.45) is 0 Å². The number of amides is 3. The fourth-order valence-corrected chi connectivity index (χ4v) is 4.99. The lowest BCUT2D eigenvalue weighted by atomic mass is 10.2. The van der Waals surface area contributed by atoms with Crippen molar-refractivity contribution in [1.29, 1.82) is 0 Å². The lowest BCUT2D eigenvalue weighted by Gasteiger charge is -2.14. The maximum Gasteiger partial charge on any atom is 0.321 e. The van der Waals surface area contributed by atoms with E-state index in [0.717, 1.165) is 36.2 Å². The van der Waals surface area contributed by atoms with E-state index in [1.54, 1.807) is 18.4 Å². The van der Waals surface area contributed by atoms with Gasteiger partial charge in [-0.1, -0.05) is 42.8 Å². The van der Waals surface area contributed by atoms with Crippen molar-refractivity contribution in [1.82, 2.24) is 25.4 Å². The Labute approximate surface area is 188 Å². The number of para-hydroxylation sites is 2. The number of imide groups is 1. The first-order valence-electron chi connectivity index (χ1n) is 10.0. The predicted molar refractivity (Wildman–Crippen MR) is 121 cm³/mol. The van der Waals surface area contributed by atoms with E-state index in [1.807, 2.05) is 46.3 Å². The van der Waals surface area contributed by atoms with Crippen LogP contribution in [0.5, 0.6) is 5.75 Å². The molecule has 3 amide bonds. The zero-order valence-electron chi connectivity index (χ0n) is 17.0. The zero-order valence-corrected chi connectivity index (χ0v) is 18.7. The van der Waals surface area contributed by atoms with E-state index in [4.69, 9.17) is 4.74 Å². The Morgan fingerprint density at radius 3 is 2.74 bits per heavy atom. The van der Waals surface area contributed by atoms with E-state index in [2.05, 4.69) is 20.8 Å². The lowest BCUT2D eigenvalue weighted by molar-refractivity contribution is -0.117. The summed E-state index contributed by atoms with van der Waals surface area (Å²) in [4.78, 5) is 25.3. The summed E-state index contributed by atoms with van der Waals surface area (Å²) in [5.41, 5.74) is 0.778. The number of nitrogens with zero attached hydrogens (tertiary/aromatic N) is 3. The summed E-state index contributed by atoms with van der Waals surface area (Å²) >= 11 is 2.77. The molecule has 0 saturated heterocycles. The van der Waals surface area contributed by atoms with Gasteiger partial charge in [0.25, 0.3) is 0 Å². The Bertz CT molecular complexity index is 1050. The topological polar surface area (TPSA) is 98.1 Å². The molecule has 2 N–H and O–H groups in total. The largest absolute Gasteiger partial charge is 0.495 e. The number of nitrogens with one attached hydrogen (secondary N) is 2. The number of benzene rings is 1. The number of urea groups is 1. The standard InChI is InChI=1S/C21H23N5O3S2/c1-29-16-10-5-4-9-15(16)26-19(17-11-6-12-30-17)24-25-21(26)31-13-18(27)23-20(28)22-14-7-2-3-8-14/h4-6,9-12,14H,2-3,7-8,13H2,1H3,(H2,22,23,27,28). The molecule has 0 unspecified atom stereocenters. The molecule has 4 rings (SSSR count). The third-order valence-electron chi connectivity index (χ3n) is 4.98. The van der Waals surface area contributed by atoms with Crippen LogP contribution >= 0.6 is 23.1 Å². The molecular weight excluding hydrogens is 434 g/mol. The molecule has 2 aromatic heterocycles. The van der Waals surface area contributed by atoms with Crippen molar-refractivity contribution in [3.8, 4) is 22.1 Å². The Kier molecular flexibility index (Phi) is 6.88. The molecule has 8 nitrogen and oxygen atoms in total. The average molecular weight is 458 g/mol. The molecule has 0 bridgehead atoms. The van der Waals surface area contributed by atoms with Crippen LogP contribution in [0.25, 0.3) is 16.4 Å². The number of rotatable bonds is 7. The van der Waals surface area contributed by atoms with Crippen LogP contribution in [0.15, 0.2) is 46.9 Å². The first kappa shape index (κ1) is 21.4. The molecule has 162 valence electrons. The molecule has 1 saturated carbocycles. The van der Waals surface area contributed by atoms with Gasteiger partial charge in [-0.15, -0.1) is 21.5 Å². The van der Waals surface area contributed by atoms with Gasteiger partial charge in [-0.2, -0.15) is 0 Å². The Balaban J connectivity index is 1.50. The number of aromatic nitrogens is 3. The molecule has 10 heteroatoms. The van der Waals surface area contributed by atoms with Crippen molar-refractivity contribution in [2.75, 3.05) is 12.9 Å². The number of ether oxygens (including phenoxy) is 1. The highest BCUT2D eigenvalue weighted by Gasteiger charge is 2.21. The summed E-state index contributed by atoms with van der Waals surface area (Å²) in [5.74, 6) is 0.993. The van der Waals surface area contributed by atoms with E-state index in [9.17, 15) is 9.59 Å². The van der Waals surface area contributed by atoms with Crippen molar-refractivity contribution >= 4 is 35.0 Å². The number of thiophene rings is 1. The van der Waals surface area contributed by atoms with E-state index in [0.29, 0.717) is 16.7 Å². The van der Waals surface area contributed by atoms with E-state index in [-0.39, 0.29) is 17.7 Å². The SMILES string of the molecule is COc1ccccc1-n1c(SCC(=O)NC(=O)NC2CCCC2)nnc1-c1cccs1. The minimum absolute atomic E-state index is 0.0375. The quantitative estimate of drug-likeness (QED) is 0.523. The monoisotopic (exact) mass is 457 g/mol. The van der Waals surface area contributed by atoms with Crippen LogP contribution in [0.2, 0.25) is 0 Å². The van der Waals surface area contributed by atoms with Crippen molar-refractivity contribution < 1.29 is 14.3 Å². The second kappa shape index (κ2) is 9.97. The van der Waals surface area contributed by atoms with Crippen LogP contribution in [0.4, 0.5) is 4.79 Å². The molecule has 0 radical (unpaired) electrons. The summed E-state index contributed by atoms with van der Waals surface area (Å²) in [7, 11) is 1.61. The van der Waals surface area contributed by atoms with Gasteiger partial charge < -0.3 is 10.1 Å². The first-order chi connectivity index (χ1) is 15.2. The molecule has 1 aromatic carbocycles. The molecule has 0 aliphatic heterocycles. The normalized spacial score (nSPS) is 13.8. The minimum atomic E-state index is -0.442. The number of methoxy groups -OCH3 is 1. The Morgan fingerprint density at radius 2 is 2.00 bits per heavy atom. The highest BCUT2D eigenvalue weighted by molar-refractivity contribution is 7.99. The summed E-state index contributed by atoms with van der Waals surface area (Å²) in [5, 5.41) is 16.4. The fourth-order valence-electron chi connectivity index (χ4n) is 3.54. The predicted octanol–water partition coefficient (Wildman–Crippen LogP) is 3.86. The van der Waals surface area contributed by atoms with E-state index >= 15 is 0 Å². The Hall–Kier alpha value is -2.85. The highest BCUT2D eigenvalue weighted by atomic mass is 32.2.